The highest BCUT2D eigenvalue weighted by Gasteiger charge is 2.23. The Morgan fingerprint density at radius 2 is 2.08 bits per heavy atom. The molecule has 0 saturated heterocycles. The van der Waals surface area contributed by atoms with Gasteiger partial charge >= 0.3 is 0 Å². The van der Waals surface area contributed by atoms with Gasteiger partial charge in [0.15, 0.2) is 0 Å². The molecule has 25 heavy (non-hydrogen) atoms. The smallest absolute Gasteiger partial charge is 0.142 e. The van der Waals surface area contributed by atoms with Crippen LogP contribution in [0, 0.1) is 11.7 Å². The second-order valence-electron chi connectivity index (χ2n) is 6.01. The van der Waals surface area contributed by atoms with E-state index in [1.807, 2.05) is 0 Å². The van der Waals surface area contributed by atoms with Crippen molar-refractivity contribution in [2.75, 3.05) is 5.32 Å². The molecule has 4 rings (SSSR count). The summed E-state index contributed by atoms with van der Waals surface area (Å²) in [4.78, 5) is 11.3. The van der Waals surface area contributed by atoms with Crippen molar-refractivity contribution in [3.05, 3.63) is 45.8 Å². The molecule has 2 aromatic heterocycles. The number of nitrogens with zero attached hydrogens (tertiary/aromatic N) is 2. The molecule has 1 N–H and O–H groups in total. The highest BCUT2D eigenvalue weighted by atomic mass is 35.5. The monoisotopic (exact) mass is 419 g/mol. The molecular weight excluding hydrogens is 404 g/mol. The number of fused-ring (bicyclic) bond motifs is 3. The molecule has 3 nitrogen and oxygen atoms in total. The van der Waals surface area contributed by atoms with Crippen LogP contribution in [0.4, 0.5) is 15.9 Å². The molecule has 1 aliphatic rings. The maximum Gasteiger partial charge on any atom is 0.142 e. The number of halogens is 4. The molecule has 1 aromatic carbocycles. The second kappa shape index (κ2) is 8.04. The van der Waals surface area contributed by atoms with E-state index in [1.54, 1.807) is 29.8 Å². The minimum absolute atomic E-state index is 0. The van der Waals surface area contributed by atoms with Gasteiger partial charge < -0.3 is 5.32 Å². The van der Waals surface area contributed by atoms with E-state index in [0.717, 1.165) is 40.5 Å². The lowest BCUT2D eigenvalue weighted by Crippen LogP contribution is -2.09. The summed E-state index contributed by atoms with van der Waals surface area (Å²) in [7, 11) is 0. The predicted octanol–water partition coefficient (Wildman–Crippen LogP) is 6.20. The number of hydrogen-bond donors (Lipinski definition) is 1. The predicted molar refractivity (Wildman–Crippen MR) is 108 cm³/mol. The Hall–Kier alpha value is -1.14. The molecular formula is C17H17Cl3FN3S. The lowest BCUT2D eigenvalue weighted by molar-refractivity contribution is 0.509. The molecule has 1 aliphatic carbocycles. The van der Waals surface area contributed by atoms with E-state index in [-0.39, 0.29) is 29.8 Å². The number of aryl methyl sites for hydroxylation is 1. The largest absolute Gasteiger partial charge is 0.340 e. The maximum absolute atomic E-state index is 13.3. The first kappa shape index (κ1) is 20.2. The van der Waals surface area contributed by atoms with Gasteiger partial charge in [-0.25, -0.2) is 14.4 Å². The van der Waals surface area contributed by atoms with Gasteiger partial charge in [0, 0.05) is 10.6 Å². The third-order valence-electron chi connectivity index (χ3n) is 4.27. The van der Waals surface area contributed by atoms with Gasteiger partial charge in [-0.3, -0.25) is 0 Å². The number of benzene rings is 1. The highest BCUT2D eigenvalue weighted by Crippen LogP contribution is 2.40. The number of aromatic nitrogens is 2. The van der Waals surface area contributed by atoms with Gasteiger partial charge in [0.25, 0.3) is 0 Å². The fourth-order valence-electron chi connectivity index (χ4n) is 3.08. The van der Waals surface area contributed by atoms with Crippen LogP contribution in [0.2, 0.25) is 5.02 Å². The summed E-state index contributed by atoms with van der Waals surface area (Å²) >= 11 is 7.62. The Labute approximate surface area is 166 Å². The van der Waals surface area contributed by atoms with E-state index >= 15 is 0 Å². The van der Waals surface area contributed by atoms with Crippen molar-refractivity contribution >= 4 is 69.5 Å². The second-order valence-corrected chi connectivity index (χ2v) is 7.50. The normalized spacial score (nSPS) is 15.9. The fraction of sp³-hybridized carbons (Fsp3) is 0.294. The SMILES string of the molecule is CC1CCc2c(sc3ncnc(Nc4ccc(F)c(Cl)c4)c23)C1.Cl.Cl. The van der Waals surface area contributed by atoms with Crippen LogP contribution in [0.15, 0.2) is 24.5 Å². The molecule has 0 bridgehead atoms. The van der Waals surface area contributed by atoms with Crippen LogP contribution >= 0.6 is 47.8 Å². The Morgan fingerprint density at radius 3 is 2.84 bits per heavy atom. The third-order valence-corrected chi connectivity index (χ3v) is 5.73. The molecule has 8 heteroatoms. The Bertz CT molecular complexity index is 900. The van der Waals surface area contributed by atoms with E-state index in [2.05, 4.69) is 22.2 Å². The van der Waals surface area contributed by atoms with Gasteiger partial charge in [-0.15, -0.1) is 36.2 Å². The third kappa shape index (κ3) is 3.85. The van der Waals surface area contributed by atoms with Crippen LogP contribution in [0.5, 0.6) is 0 Å². The van der Waals surface area contributed by atoms with Crippen LogP contribution < -0.4 is 5.32 Å². The zero-order valence-corrected chi connectivity index (χ0v) is 16.6. The summed E-state index contributed by atoms with van der Waals surface area (Å²) in [6.45, 7) is 2.29. The van der Waals surface area contributed by atoms with Crippen molar-refractivity contribution in [3.63, 3.8) is 0 Å². The Kier molecular flexibility index (Phi) is 6.49. The molecule has 3 aromatic rings. The average Bonchev–Trinajstić information content (AvgIpc) is 2.89. The molecule has 1 unspecified atom stereocenters. The molecule has 2 heterocycles. The minimum atomic E-state index is -0.424. The van der Waals surface area contributed by atoms with Gasteiger partial charge in [-0.1, -0.05) is 18.5 Å². The highest BCUT2D eigenvalue weighted by molar-refractivity contribution is 7.19. The quantitative estimate of drug-likeness (QED) is 0.536. The standard InChI is InChI=1S/C17H15ClFN3S.2ClH/c1-9-2-4-11-14(6-9)23-17-15(11)16(20-8-21-17)22-10-3-5-13(19)12(18)7-10;;/h3,5,7-9H,2,4,6H2,1H3,(H,20,21,22);2*1H. The minimum Gasteiger partial charge on any atom is -0.340 e. The number of thiophene rings is 1. The van der Waals surface area contributed by atoms with Crippen LogP contribution in [-0.2, 0) is 12.8 Å². The van der Waals surface area contributed by atoms with Gasteiger partial charge in [0.2, 0.25) is 0 Å². The summed E-state index contributed by atoms with van der Waals surface area (Å²) in [5, 5.41) is 4.46. The lowest BCUT2D eigenvalue weighted by atomic mass is 9.89. The van der Waals surface area contributed by atoms with Crippen LogP contribution in [0.3, 0.4) is 0 Å². The maximum atomic E-state index is 13.3. The number of nitrogens with one attached hydrogen (secondary N) is 1. The molecule has 134 valence electrons. The van der Waals surface area contributed by atoms with Crippen molar-refractivity contribution in [1.29, 1.82) is 0 Å². The molecule has 1 atom stereocenters. The van der Waals surface area contributed by atoms with Crippen molar-refractivity contribution in [3.8, 4) is 0 Å². The van der Waals surface area contributed by atoms with Crippen LogP contribution in [0.1, 0.15) is 23.8 Å². The van der Waals surface area contributed by atoms with E-state index in [4.69, 9.17) is 11.6 Å². The lowest BCUT2D eigenvalue weighted by Gasteiger charge is -2.18. The fourth-order valence-corrected chi connectivity index (χ4v) is 4.61. The van der Waals surface area contributed by atoms with Gasteiger partial charge in [-0.2, -0.15) is 0 Å². The van der Waals surface area contributed by atoms with Crippen molar-refractivity contribution in [2.45, 2.75) is 26.2 Å². The number of anilines is 2. The van der Waals surface area contributed by atoms with E-state index in [0.29, 0.717) is 0 Å². The van der Waals surface area contributed by atoms with E-state index < -0.39 is 5.82 Å². The molecule has 0 amide bonds. The van der Waals surface area contributed by atoms with Gasteiger partial charge in [-0.05, 0) is 48.9 Å². The van der Waals surface area contributed by atoms with Gasteiger partial charge in [0.05, 0.1) is 10.4 Å². The van der Waals surface area contributed by atoms with Crippen LogP contribution in [-0.4, -0.2) is 9.97 Å². The topological polar surface area (TPSA) is 37.8 Å². The Balaban J connectivity index is 0.00000113. The molecule has 0 saturated carbocycles. The molecule has 0 radical (unpaired) electrons. The first-order valence-electron chi connectivity index (χ1n) is 7.59. The molecule has 0 fully saturated rings. The van der Waals surface area contributed by atoms with Crippen molar-refractivity contribution < 1.29 is 4.39 Å². The van der Waals surface area contributed by atoms with E-state index in [1.165, 1.54) is 22.9 Å². The first-order chi connectivity index (χ1) is 11.1. The summed E-state index contributed by atoms with van der Waals surface area (Å²) in [5.41, 5.74) is 2.08. The summed E-state index contributed by atoms with van der Waals surface area (Å²) < 4.78 is 13.3. The van der Waals surface area contributed by atoms with Gasteiger partial charge in [0.1, 0.15) is 22.8 Å². The summed E-state index contributed by atoms with van der Waals surface area (Å²) in [5.74, 6) is 1.06. The average molecular weight is 421 g/mol. The molecule has 0 spiro atoms. The number of hydrogen-bond acceptors (Lipinski definition) is 4. The van der Waals surface area contributed by atoms with Crippen molar-refractivity contribution in [1.82, 2.24) is 9.97 Å². The summed E-state index contributed by atoms with van der Waals surface area (Å²) in [6.07, 6.45) is 4.93. The number of rotatable bonds is 2. The van der Waals surface area contributed by atoms with Crippen LogP contribution in [0.25, 0.3) is 10.2 Å². The van der Waals surface area contributed by atoms with E-state index in [9.17, 15) is 4.39 Å². The van der Waals surface area contributed by atoms with Crippen molar-refractivity contribution in [2.24, 2.45) is 5.92 Å². The molecule has 0 aliphatic heterocycles. The Morgan fingerprint density at radius 1 is 1.28 bits per heavy atom. The zero-order valence-electron chi connectivity index (χ0n) is 13.4. The zero-order chi connectivity index (χ0) is 16.0. The first-order valence-corrected chi connectivity index (χ1v) is 8.78. The summed E-state index contributed by atoms with van der Waals surface area (Å²) in [6, 6.07) is 4.59.